The number of hydrogen-bond donors (Lipinski definition) is 0. The number of rotatable bonds is 5. The molecule has 1 aliphatic heterocycles. The SMILES string of the molecule is Fc1ccc(/N=N/c2ccc(/N=N/c3ccc(N4CCCC4)cc3)cc2)cc1. The largest absolute Gasteiger partial charge is 0.372 e. The molecule has 1 saturated heterocycles. The first-order valence-corrected chi connectivity index (χ1v) is 9.30. The van der Waals surface area contributed by atoms with Gasteiger partial charge in [0.05, 0.1) is 22.7 Å². The molecule has 0 amide bonds. The minimum atomic E-state index is -0.292. The zero-order valence-electron chi connectivity index (χ0n) is 15.4. The first-order valence-electron chi connectivity index (χ1n) is 9.30. The molecular weight excluding hydrogens is 353 g/mol. The molecule has 1 fully saturated rings. The lowest BCUT2D eigenvalue weighted by atomic mass is 10.2. The fourth-order valence-corrected chi connectivity index (χ4v) is 3.03. The summed E-state index contributed by atoms with van der Waals surface area (Å²) in [5.41, 5.74) is 4.10. The normalized spacial score (nSPS) is 14.4. The van der Waals surface area contributed by atoms with E-state index in [0.29, 0.717) is 11.4 Å². The van der Waals surface area contributed by atoms with E-state index < -0.39 is 0 Å². The summed E-state index contributed by atoms with van der Waals surface area (Å²) in [5, 5.41) is 16.8. The molecule has 3 aromatic carbocycles. The first-order chi connectivity index (χ1) is 13.8. The molecule has 0 bridgehead atoms. The molecule has 0 spiro atoms. The zero-order chi connectivity index (χ0) is 19.2. The van der Waals surface area contributed by atoms with E-state index in [9.17, 15) is 4.39 Å². The summed E-state index contributed by atoms with van der Waals surface area (Å²) in [7, 11) is 0. The van der Waals surface area contributed by atoms with Crippen LogP contribution in [0.15, 0.2) is 93.3 Å². The highest BCUT2D eigenvalue weighted by atomic mass is 19.1. The first kappa shape index (κ1) is 18.0. The molecule has 140 valence electrons. The van der Waals surface area contributed by atoms with E-state index in [2.05, 4.69) is 37.5 Å². The van der Waals surface area contributed by atoms with Crippen LogP contribution in [0.1, 0.15) is 12.8 Å². The van der Waals surface area contributed by atoms with Crippen LogP contribution >= 0.6 is 0 Å². The van der Waals surface area contributed by atoms with Gasteiger partial charge in [-0.3, -0.25) is 0 Å². The van der Waals surface area contributed by atoms with Crippen molar-refractivity contribution in [1.82, 2.24) is 0 Å². The maximum absolute atomic E-state index is 12.9. The summed E-state index contributed by atoms with van der Waals surface area (Å²) in [4.78, 5) is 2.39. The van der Waals surface area contributed by atoms with Crippen molar-refractivity contribution in [2.24, 2.45) is 20.5 Å². The van der Waals surface area contributed by atoms with E-state index >= 15 is 0 Å². The average molecular weight is 373 g/mol. The highest BCUT2D eigenvalue weighted by molar-refractivity contribution is 5.53. The Morgan fingerprint density at radius 2 is 0.893 bits per heavy atom. The lowest BCUT2D eigenvalue weighted by molar-refractivity contribution is 0.628. The number of hydrogen-bond acceptors (Lipinski definition) is 5. The Balaban J connectivity index is 1.37. The van der Waals surface area contributed by atoms with Crippen LogP contribution in [-0.4, -0.2) is 13.1 Å². The Hall–Kier alpha value is -3.41. The standard InChI is InChI=1S/C22H20FN5/c23-17-3-5-18(6-4-17)24-25-19-7-9-20(10-8-19)26-27-21-11-13-22(14-12-21)28-15-1-2-16-28/h3-14H,1-2,15-16H2/b25-24+,27-26+. The van der Waals surface area contributed by atoms with Gasteiger partial charge in [-0.25, -0.2) is 4.39 Å². The maximum Gasteiger partial charge on any atom is 0.123 e. The summed E-state index contributed by atoms with van der Waals surface area (Å²) in [6.07, 6.45) is 2.53. The average Bonchev–Trinajstić information content (AvgIpc) is 3.28. The third-order valence-corrected chi connectivity index (χ3v) is 4.56. The predicted molar refractivity (Wildman–Crippen MR) is 109 cm³/mol. The van der Waals surface area contributed by atoms with Crippen LogP contribution in [0.25, 0.3) is 0 Å². The van der Waals surface area contributed by atoms with E-state index in [0.717, 1.165) is 24.5 Å². The predicted octanol–water partition coefficient (Wildman–Crippen LogP) is 7.26. The second-order valence-electron chi connectivity index (χ2n) is 6.60. The zero-order valence-corrected chi connectivity index (χ0v) is 15.4. The smallest absolute Gasteiger partial charge is 0.123 e. The van der Waals surface area contributed by atoms with Gasteiger partial charge in [-0.15, -0.1) is 0 Å². The summed E-state index contributed by atoms with van der Waals surface area (Å²) < 4.78 is 12.9. The Labute approximate surface area is 163 Å². The molecule has 0 aliphatic carbocycles. The molecule has 0 N–H and O–H groups in total. The number of benzene rings is 3. The molecule has 0 aromatic heterocycles. The highest BCUT2D eigenvalue weighted by Crippen LogP contribution is 2.26. The number of azo groups is 2. The van der Waals surface area contributed by atoms with Crippen LogP contribution in [0.4, 0.5) is 32.8 Å². The molecule has 0 atom stereocenters. The molecule has 1 heterocycles. The fraction of sp³-hybridized carbons (Fsp3) is 0.182. The number of nitrogens with zero attached hydrogens (tertiary/aromatic N) is 5. The van der Waals surface area contributed by atoms with Gasteiger partial charge >= 0.3 is 0 Å². The van der Waals surface area contributed by atoms with Crippen molar-refractivity contribution in [2.75, 3.05) is 18.0 Å². The van der Waals surface area contributed by atoms with Crippen molar-refractivity contribution in [2.45, 2.75) is 12.8 Å². The second-order valence-corrected chi connectivity index (χ2v) is 6.60. The van der Waals surface area contributed by atoms with Crippen LogP contribution in [0, 0.1) is 5.82 Å². The van der Waals surface area contributed by atoms with E-state index in [1.165, 1.54) is 30.7 Å². The summed E-state index contributed by atoms with van der Waals surface area (Å²) in [6, 6.07) is 21.3. The third-order valence-electron chi connectivity index (χ3n) is 4.56. The number of anilines is 1. The van der Waals surface area contributed by atoms with Gasteiger partial charge in [0.15, 0.2) is 0 Å². The lowest BCUT2D eigenvalue weighted by Gasteiger charge is -2.17. The van der Waals surface area contributed by atoms with Gasteiger partial charge in [-0.05, 0) is 85.6 Å². The molecule has 3 aromatic rings. The van der Waals surface area contributed by atoms with Crippen LogP contribution in [-0.2, 0) is 0 Å². The van der Waals surface area contributed by atoms with Crippen LogP contribution in [0.5, 0.6) is 0 Å². The Bertz CT molecular complexity index is 957. The number of halogens is 1. The van der Waals surface area contributed by atoms with Crippen molar-refractivity contribution < 1.29 is 4.39 Å². The molecule has 6 heteroatoms. The van der Waals surface area contributed by atoms with E-state index in [1.807, 2.05) is 36.4 Å². The van der Waals surface area contributed by atoms with Crippen molar-refractivity contribution in [1.29, 1.82) is 0 Å². The molecule has 0 saturated carbocycles. The Morgan fingerprint density at radius 1 is 0.536 bits per heavy atom. The van der Waals surface area contributed by atoms with Crippen molar-refractivity contribution in [3.63, 3.8) is 0 Å². The van der Waals surface area contributed by atoms with Crippen molar-refractivity contribution in [3.8, 4) is 0 Å². The second kappa shape index (κ2) is 8.52. The molecule has 4 rings (SSSR count). The Morgan fingerprint density at radius 3 is 1.32 bits per heavy atom. The molecule has 28 heavy (non-hydrogen) atoms. The van der Waals surface area contributed by atoms with Crippen molar-refractivity contribution >= 4 is 28.4 Å². The van der Waals surface area contributed by atoms with Crippen LogP contribution < -0.4 is 4.90 Å². The minimum Gasteiger partial charge on any atom is -0.372 e. The molecular formula is C22H20FN5. The summed E-state index contributed by atoms with van der Waals surface area (Å²) in [6.45, 7) is 2.26. The quantitative estimate of drug-likeness (QED) is 0.434. The lowest BCUT2D eigenvalue weighted by Crippen LogP contribution is -2.17. The molecule has 0 radical (unpaired) electrons. The fourth-order valence-electron chi connectivity index (χ4n) is 3.03. The molecule has 0 unspecified atom stereocenters. The van der Waals surface area contributed by atoms with Gasteiger partial charge < -0.3 is 4.90 Å². The van der Waals surface area contributed by atoms with Gasteiger partial charge in [0, 0.05) is 18.8 Å². The Kier molecular flexibility index (Phi) is 5.47. The van der Waals surface area contributed by atoms with Gasteiger partial charge in [0.1, 0.15) is 5.82 Å². The van der Waals surface area contributed by atoms with Gasteiger partial charge in [0.25, 0.3) is 0 Å². The monoisotopic (exact) mass is 373 g/mol. The highest BCUT2D eigenvalue weighted by Gasteiger charge is 2.11. The van der Waals surface area contributed by atoms with Gasteiger partial charge in [-0.1, -0.05) is 0 Å². The maximum atomic E-state index is 12.9. The third kappa shape index (κ3) is 4.65. The van der Waals surface area contributed by atoms with Gasteiger partial charge in [0.2, 0.25) is 0 Å². The van der Waals surface area contributed by atoms with Crippen LogP contribution in [0.3, 0.4) is 0 Å². The topological polar surface area (TPSA) is 52.7 Å². The molecule has 1 aliphatic rings. The van der Waals surface area contributed by atoms with Crippen LogP contribution in [0.2, 0.25) is 0 Å². The van der Waals surface area contributed by atoms with E-state index in [1.54, 1.807) is 12.1 Å². The van der Waals surface area contributed by atoms with Crippen molar-refractivity contribution in [3.05, 3.63) is 78.6 Å². The van der Waals surface area contributed by atoms with E-state index in [-0.39, 0.29) is 5.82 Å². The summed E-state index contributed by atoms with van der Waals surface area (Å²) >= 11 is 0. The molecule has 5 nitrogen and oxygen atoms in total. The van der Waals surface area contributed by atoms with Gasteiger partial charge in [-0.2, -0.15) is 20.5 Å². The van der Waals surface area contributed by atoms with E-state index in [4.69, 9.17) is 0 Å². The summed E-state index contributed by atoms with van der Waals surface area (Å²) in [5.74, 6) is -0.292. The minimum absolute atomic E-state index is 0.292.